The van der Waals surface area contributed by atoms with Gasteiger partial charge in [-0.15, -0.1) is 0 Å². The van der Waals surface area contributed by atoms with Crippen LogP contribution in [0.15, 0.2) is 35.2 Å². The van der Waals surface area contributed by atoms with Crippen molar-refractivity contribution in [2.24, 2.45) is 10.9 Å². The van der Waals surface area contributed by atoms with Crippen LogP contribution >= 0.6 is 0 Å². The molecule has 0 saturated heterocycles. The molecule has 1 N–H and O–H groups in total. The molecule has 0 spiro atoms. The molecule has 0 aromatic carbocycles. The Balaban J connectivity index is 1.76. The van der Waals surface area contributed by atoms with Gasteiger partial charge in [-0.2, -0.15) is 0 Å². The highest BCUT2D eigenvalue weighted by molar-refractivity contribution is 6.03. The van der Waals surface area contributed by atoms with Gasteiger partial charge >= 0.3 is 0 Å². The van der Waals surface area contributed by atoms with Gasteiger partial charge in [0.1, 0.15) is 5.69 Å². The van der Waals surface area contributed by atoms with Crippen LogP contribution in [0.5, 0.6) is 0 Å². The zero-order valence-corrected chi connectivity index (χ0v) is 15.8. The van der Waals surface area contributed by atoms with Gasteiger partial charge in [0.15, 0.2) is 0 Å². The van der Waals surface area contributed by atoms with E-state index in [1.807, 2.05) is 26.4 Å². The van der Waals surface area contributed by atoms with Gasteiger partial charge < -0.3 is 10.2 Å². The summed E-state index contributed by atoms with van der Waals surface area (Å²) < 4.78 is 0. The van der Waals surface area contributed by atoms with Crippen LogP contribution < -0.4 is 5.32 Å². The van der Waals surface area contributed by atoms with Crippen LogP contribution in [0.4, 0.5) is 0 Å². The molecule has 2 heterocycles. The molecular formula is C20H29N5. The summed E-state index contributed by atoms with van der Waals surface area (Å²) in [5.74, 6) is 0.847. The summed E-state index contributed by atoms with van der Waals surface area (Å²) in [6.45, 7) is 9.52. The van der Waals surface area contributed by atoms with Crippen LogP contribution in [-0.4, -0.2) is 41.2 Å². The second-order valence-electron chi connectivity index (χ2n) is 7.17. The molecule has 1 aliphatic carbocycles. The van der Waals surface area contributed by atoms with E-state index in [-0.39, 0.29) is 6.04 Å². The van der Waals surface area contributed by atoms with Crippen LogP contribution in [0, 0.1) is 12.8 Å². The van der Waals surface area contributed by atoms with Crippen LogP contribution in [0.3, 0.4) is 0 Å². The molecule has 5 heteroatoms. The number of aromatic nitrogens is 2. The lowest BCUT2D eigenvalue weighted by molar-refractivity contribution is 0.405. The van der Waals surface area contributed by atoms with E-state index in [0.29, 0.717) is 0 Å². The first-order chi connectivity index (χ1) is 12.0. The lowest BCUT2D eigenvalue weighted by Gasteiger charge is -2.22. The molecule has 1 atom stereocenters. The first-order valence-corrected chi connectivity index (χ1v) is 9.20. The molecule has 5 nitrogen and oxygen atoms in total. The number of hydrogen-bond donors (Lipinski definition) is 1. The summed E-state index contributed by atoms with van der Waals surface area (Å²) in [6.07, 6.45) is 8.23. The summed E-state index contributed by atoms with van der Waals surface area (Å²) in [6, 6.07) is 0.190. The standard InChI is InChI=1S/C20H29N5/c1-6-17(21-4)19-20(24-13(2)10-23-19)18-9-16(11-22-18)14(3)25(5)12-15-7-8-15/h10-11,15,17,21H,3,6-9,12H2,1-2,4-5H3. The molecule has 0 bridgehead atoms. The van der Waals surface area contributed by atoms with E-state index < -0.39 is 0 Å². The predicted molar refractivity (Wildman–Crippen MR) is 103 cm³/mol. The second kappa shape index (κ2) is 7.48. The number of aliphatic imine (C=N–C) groups is 1. The van der Waals surface area contributed by atoms with E-state index in [2.05, 4.69) is 40.7 Å². The van der Waals surface area contributed by atoms with Crippen LogP contribution in [-0.2, 0) is 0 Å². The third-order valence-electron chi connectivity index (χ3n) is 5.08. The Hall–Kier alpha value is -2.01. The zero-order valence-electron chi connectivity index (χ0n) is 15.8. The topological polar surface area (TPSA) is 53.4 Å². The number of allylic oxidation sites excluding steroid dienone is 1. The fraction of sp³-hybridized carbons (Fsp3) is 0.550. The average molecular weight is 339 g/mol. The van der Waals surface area contributed by atoms with E-state index in [9.17, 15) is 0 Å². The maximum atomic E-state index is 4.76. The lowest BCUT2D eigenvalue weighted by Crippen LogP contribution is -2.23. The van der Waals surface area contributed by atoms with Crippen molar-refractivity contribution in [1.29, 1.82) is 0 Å². The molecule has 1 unspecified atom stereocenters. The maximum absolute atomic E-state index is 4.76. The second-order valence-corrected chi connectivity index (χ2v) is 7.17. The molecule has 1 saturated carbocycles. The molecule has 1 aromatic heterocycles. The molecule has 3 rings (SSSR count). The predicted octanol–water partition coefficient (Wildman–Crippen LogP) is 3.39. The minimum Gasteiger partial charge on any atom is -0.375 e. The van der Waals surface area contributed by atoms with Gasteiger partial charge in [-0.05, 0) is 44.7 Å². The summed E-state index contributed by atoms with van der Waals surface area (Å²) >= 11 is 0. The Morgan fingerprint density at radius 2 is 2.20 bits per heavy atom. The van der Waals surface area contributed by atoms with Gasteiger partial charge in [-0.3, -0.25) is 9.98 Å². The fourth-order valence-electron chi connectivity index (χ4n) is 3.28. The van der Waals surface area contributed by atoms with Crippen molar-refractivity contribution < 1.29 is 0 Å². The van der Waals surface area contributed by atoms with Crippen molar-refractivity contribution in [3.63, 3.8) is 0 Å². The van der Waals surface area contributed by atoms with Gasteiger partial charge in [0.25, 0.3) is 0 Å². The molecule has 1 aromatic rings. The quantitative estimate of drug-likeness (QED) is 0.789. The van der Waals surface area contributed by atoms with Crippen molar-refractivity contribution in [3.8, 4) is 0 Å². The Labute approximate surface area is 151 Å². The van der Waals surface area contributed by atoms with Crippen LogP contribution in [0.25, 0.3) is 0 Å². The van der Waals surface area contributed by atoms with Gasteiger partial charge in [0.2, 0.25) is 0 Å². The number of nitrogens with zero attached hydrogens (tertiary/aromatic N) is 4. The Bertz CT molecular complexity index is 711. The fourth-order valence-corrected chi connectivity index (χ4v) is 3.28. The number of rotatable bonds is 8. The minimum absolute atomic E-state index is 0.190. The lowest BCUT2D eigenvalue weighted by atomic mass is 10.0. The van der Waals surface area contributed by atoms with E-state index in [0.717, 1.165) is 53.8 Å². The van der Waals surface area contributed by atoms with E-state index in [4.69, 9.17) is 4.98 Å². The summed E-state index contributed by atoms with van der Waals surface area (Å²) in [7, 11) is 4.10. The van der Waals surface area contributed by atoms with E-state index in [1.165, 1.54) is 18.4 Å². The monoisotopic (exact) mass is 339 g/mol. The minimum atomic E-state index is 0.190. The van der Waals surface area contributed by atoms with Gasteiger partial charge in [0.05, 0.1) is 23.1 Å². The molecule has 0 radical (unpaired) electrons. The maximum Gasteiger partial charge on any atom is 0.108 e. The summed E-state index contributed by atoms with van der Waals surface area (Å²) in [4.78, 5) is 16.4. The molecule has 0 amide bonds. The molecular weight excluding hydrogens is 310 g/mol. The number of nitrogens with one attached hydrogen (secondary N) is 1. The molecule has 1 aliphatic heterocycles. The van der Waals surface area contributed by atoms with Crippen molar-refractivity contribution in [3.05, 3.63) is 47.3 Å². The van der Waals surface area contributed by atoms with Gasteiger partial charge in [0, 0.05) is 38.1 Å². The first-order valence-electron chi connectivity index (χ1n) is 9.20. The van der Waals surface area contributed by atoms with Gasteiger partial charge in [-0.25, -0.2) is 4.98 Å². The van der Waals surface area contributed by atoms with E-state index >= 15 is 0 Å². The highest BCUT2D eigenvalue weighted by Crippen LogP contribution is 2.32. The summed E-state index contributed by atoms with van der Waals surface area (Å²) in [5.41, 5.74) is 6.09. The van der Waals surface area contributed by atoms with Crippen molar-refractivity contribution in [2.75, 3.05) is 20.6 Å². The zero-order chi connectivity index (χ0) is 18.0. The van der Waals surface area contributed by atoms with Crippen molar-refractivity contribution >= 4 is 5.71 Å². The molecule has 1 fully saturated rings. The van der Waals surface area contributed by atoms with Crippen LogP contribution in [0.2, 0.25) is 0 Å². The Kier molecular flexibility index (Phi) is 5.33. The summed E-state index contributed by atoms with van der Waals surface area (Å²) in [5, 5.41) is 3.33. The smallest absolute Gasteiger partial charge is 0.108 e. The number of hydrogen-bond acceptors (Lipinski definition) is 5. The highest BCUT2D eigenvalue weighted by atomic mass is 15.1. The van der Waals surface area contributed by atoms with Crippen LogP contribution in [0.1, 0.15) is 55.7 Å². The largest absolute Gasteiger partial charge is 0.375 e. The van der Waals surface area contributed by atoms with Gasteiger partial charge in [-0.1, -0.05) is 13.5 Å². The average Bonchev–Trinajstić information content (AvgIpc) is 3.28. The number of likely N-dealkylation sites (N-methyl/N-ethyl adjacent to an activating group) is 1. The van der Waals surface area contributed by atoms with Crippen molar-refractivity contribution in [2.45, 2.75) is 45.6 Å². The Morgan fingerprint density at radius 3 is 2.84 bits per heavy atom. The third kappa shape index (κ3) is 3.98. The highest BCUT2D eigenvalue weighted by Gasteiger charge is 2.26. The number of aryl methyl sites for hydroxylation is 1. The first kappa shape index (κ1) is 17.8. The molecule has 2 aliphatic rings. The normalized spacial score (nSPS) is 17.9. The molecule has 134 valence electrons. The SMILES string of the molecule is C=C(C1=CN=C(c2nc(C)cnc2C(CC)NC)C1)N(C)CC1CC1. The Morgan fingerprint density at radius 1 is 1.44 bits per heavy atom. The third-order valence-corrected chi connectivity index (χ3v) is 5.08. The van der Waals surface area contributed by atoms with Crippen molar-refractivity contribution in [1.82, 2.24) is 20.2 Å². The molecule has 25 heavy (non-hydrogen) atoms. The van der Waals surface area contributed by atoms with E-state index in [1.54, 1.807) is 0 Å².